The van der Waals surface area contributed by atoms with E-state index in [4.69, 9.17) is 4.11 Å². The van der Waals surface area contributed by atoms with Gasteiger partial charge in [-0.2, -0.15) is 0 Å². The lowest BCUT2D eigenvalue weighted by atomic mass is 9.88. The van der Waals surface area contributed by atoms with Crippen LogP contribution in [0.5, 0.6) is 0 Å². The molecule has 1 aromatic heterocycles. The molecule has 1 heteroatoms. The Morgan fingerprint density at radius 2 is 1.89 bits per heavy atom. The smallest absolute Gasteiger partial charge is 0.201 e. The fourth-order valence-electron chi connectivity index (χ4n) is 2.15. The summed E-state index contributed by atoms with van der Waals surface area (Å²) in [5.74, 6) is 0. The minimum atomic E-state index is -1.56. The Kier molecular flexibility index (Phi) is 2.77. The minimum absolute atomic E-state index is 0.247. The van der Waals surface area contributed by atoms with Gasteiger partial charge in [-0.15, -0.1) is 0 Å². The molecular formula is C18H24N+. The lowest BCUT2D eigenvalue weighted by molar-refractivity contribution is -0.660. The van der Waals surface area contributed by atoms with Crippen molar-refractivity contribution in [1.82, 2.24) is 0 Å². The number of benzene rings is 1. The van der Waals surface area contributed by atoms with Crippen LogP contribution in [0.25, 0.3) is 11.3 Å². The van der Waals surface area contributed by atoms with Crippen molar-refractivity contribution in [2.45, 2.75) is 34.1 Å². The van der Waals surface area contributed by atoms with Crippen LogP contribution in [0, 0.1) is 12.3 Å². The van der Waals surface area contributed by atoms with Gasteiger partial charge in [0, 0.05) is 19.9 Å². The molecule has 0 bridgehead atoms. The Labute approximate surface area is 121 Å². The van der Waals surface area contributed by atoms with Crippen molar-refractivity contribution < 1.29 is 8.68 Å². The molecule has 0 N–H and O–H groups in total. The molecule has 2 aromatic rings. The van der Waals surface area contributed by atoms with Gasteiger partial charge in [0.15, 0.2) is 6.20 Å². The van der Waals surface area contributed by atoms with Gasteiger partial charge >= 0.3 is 0 Å². The van der Waals surface area contributed by atoms with E-state index < -0.39 is 11.8 Å². The van der Waals surface area contributed by atoms with Crippen molar-refractivity contribution >= 4 is 0 Å². The molecule has 1 heterocycles. The monoisotopic (exact) mass is 257 g/mol. The highest BCUT2D eigenvalue weighted by molar-refractivity contribution is 5.60. The van der Waals surface area contributed by atoms with Crippen molar-refractivity contribution in [2.75, 3.05) is 0 Å². The van der Waals surface area contributed by atoms with E-state index in [1.165, 1.54) is 0 Å². The molecule has 0 aliphatic carbocycles. The first-order valence-corrected chi connectivity index (χ1v) is 6.62. The first-order valence-electron chi connectivity index (χ1n) is 8.12. The molecule has 0 radical (unpaired) electrons. The van der Waals surface area contributed by atoms with Gasteiger partial charge in [0.1, 0.15) is 7.05 Å². The Balaban J connectivity index is 2.63. The van der Waals surface area contributed by atoms with Gasteiger partial charge in [-0.3, -0.25) is 0 Å². The normalized spacial score (nSPS) is 14.7. The predicted octanol–water partition coefficient (Wildman–Crippen LogP) is 4.08. The van der Waals surface area contributed by atoms with Gasteiger partial charge in [-0.1, -0.05) is 39.0 Å². The van der Waals surface area contributed by atoms with E-state index in [1.54, 1.807) is 12.3 Å². The summed E-state index contributed by atoms with van der Waals surface area (Å²) in [4.78, 5) is 0. The summed E-state index contributed by atoms with van der Waals surface area (Å²) in [6.45, 7) is 7.63. The highest BCUT2D eigenvalue weighted by atomic mass is 14.9. The molecule has 0 unspecified atom stereocenters. The van der Waals surface area contributed by atoms with Crippen molar-refractivity contribution in [3.63, 3.8) is 0 Å². The number of nitrogens with zero attached hydrogens (tertiary/aromatic N) is 1. The van der Waals surface area contributed by atoms with Crippen LogP contribution in [0.15, 0.2) is 42.6 Å². The van der Waals surface area contributed by atoms with E-state index in [2.05, 4.69) is 0 Å². The molecule has 0 atom stereocenters. The zero-order chi connectivity index (χ0) is 16.7. The molecule has 0 saturated heterocycles. The molecule has 100 valence electrons. The maximum Gasteiger partial charge on any atom is 0.212 e. The molecule has 1 aromatic carbocycles. The van der Waals surface area contributed by atoms with Gasteiger partial charge in [0.25, 0.3) is 0 Å². The van der Waals surface area contributed by atoms with Crippen molar-refractivity contribution in [1.29, 1.82) is 0 Å². The third kappa shape index (κ3) is 3.44. The maximum atomic E-state index is 8.41. The van der Waals surface area contributed by atoms with Gasteiger partial charge in [0.05, 0.1) is 1.37 Å². The average molecular weight is 257 g/mol. The molecule has 19 heavy (non-hydrogen) atoms. The first kappa shape index (κ1) is 10.2. The molecule has 0 spiro atoms. The van der Waals surface area contributed by atoms with E-state index in [-0.39, 0.29) is 6.04 Å². The number of hydrogen-bond acceptors (Lipinski definition) is 0. The van der Waals surface area contributed by atoms with Crippen LogP contribution in [-0.2, 0) is 13.4 Å². The Morgan fingerprint density at radius 1 is 1.21 bits per heavy atom. The standard InChI is InChI=1S/C18H24N/c1-14-8-6-7-9-16(14)17-11-10-15(13-19(17)5)12-18(2,3)4/h6-11,13H,12H2,1-5H3/q+1/i10D,12D2. The molecule has 0 aliphatic rings. The largest absolute Gasteiger partial charge is 0.212 e. The van der Waals surface area contributed by atoms with Crippen molar-refractivity contribution in [3.05, 3.63) is 53.7 Å². The van der Waals surface area contributed by atoms with E-state index >= 15 is 0 Å². The van der Waals surface area contributed by atoms with Gasteiger partial charge in [-0.25, -0.2) is 4.57 Å². The number of aromatic nitrogens is 1. The summed E-state index contributed by atoms with van der Waals surface area (Å²) in [6, 6.07) is 10.1. The summed E-state index contributed by atoms with van der Waals surface area (Å²) in [5, 5.41) is 0. The fraction of sp³-hybridized carbons (Fsp3) is 0.389. The van der Waals surface area contributed by atoms with E-state index in [0.717, 1.165) is 16.8 Å². The minimum Gasteiger partial charge on any atom is -0.201 e. The topological polar surface area (TPSA) is 3.88 Å². The quantitative estimate of drug-likeness (QED) is 0.714. The highest BCUT2D eigenvalue weighted by Crippen LogP contribution is 2.23. The summed E-state index contributed by atoms with van der Waals surface area (Å²) in [6.07, 6.45) is 0.196. The van der Waals surface area contributed by atoms with Gasteiger partial charge in [-0.05, 0) is 36.4 Å². The summed E-state index contributed by atoms with van der Waals surface area (Å²) < 4.78 is 27.0. The zero-order valence-corrected chi connectivity index (χ0v) is 12.4. The lowest BCUT2D eigenvalue weighted by Crippen LogP contribution is -2.32. The second-order valence-electron chi connectivity index (χ2n) is 6.02. The van der Waals surface area contributed by atoms with Crippen LogP contribution in [0.3, 0.4) is 0 Å². The molecule has 1 nitrogen and oxygen atoms in total. The van der Waals surface area contributed by atoms with Crippen LogP contribution in [0.1, 0.15) is 36.0 Å². The molecule has 2 rings (SSSR count). The Morgan fingerprint density at radius 3 is 2.53 bits per heavy atom. The maximum absolute atomic E-state index is 8.41. The number of hydrogen-bond donors (Lipinski definition) is 0. The zero-order valence-electron chi connectivity index (χ0n) is 15.4. The number of pyridine rings is 1. The van der Waals surface area contributed by atoms with Crippen LogP contribution < -0.4 is 4.57 Å². The molecule has 0 saturated carbocycles. The van der Waals surface area contributed by atoms with Gasteiger partial charge in [0.2, 0.25) is 5.69 Å². The van der Waals surface area contributed by atoms with E-state index in [9.17, 15) is 0 Å². The van der Waals surface area contributed by atoms with Gasteiger partial charge < -0.3 is 0 Å². The third-order valence-corrected chi connectivity index (χ3v) is 3.00. The van der Waals surface area contributed by atoms with Crippen molar-refractivity contribution in [2.24, 2.45) is 12.5 Å². The highest BCUT2D eigenvalue weighted by Gasteiger charge is 2.16. The van der Waals surface area contributed by atoms with Crippen LogP contribution in [0.4, 0.5) is 0 Å². The van der Waals surface area contributed by atoms with Crippen molar-refractivity contribution in [3.8, 4) is 11.3 Å². The Hall–Kier alpha value is -1.63. The van der Waals surface area contributed by atoms with Crippen LogP contribution >= 0.6 is 0 Å². The lowest BCUT2D eigenvalue weighted by Gasteiger charge is -2.17. The summed E-state index contributed by atoms with van der Waals surface area (Å²) in [7, 11) is 1.91. The number of rotatable bonds is 2. The molecule has 0 aliphatic heterocycles. The fourth-order valence-corrected chi connectivity index (χ4v) is 2.15. The summed E-state index contributed by atoms with van der Waals surface area (Å²) in [5.41, 5.74) is 3.00. The SMILES string of the molecule is [2H]c1cc(-c2ccccc2C)[n+](C)cc1C([2H])([2H])C(C)(C)C. The second-order valence-corrected chi connectivity index (χ2v) is 6.02. The van der Waals surface area contributed by atoms with E-state index in [1.807, 2.05) is 63.6 Å². The van der Waals surface area contributed by atoms with E-state index in [0.29, 0.717) is 5.56 Å². The first-order chi connectivity index (χ1) is 10.1. The third-order valence-electron chi connectivity index (χ3n) is 3.00. The van der Waals surface area contributed by atoms with Crippen LogP contribution in [0.2, 0.25) is 0 Å². The molecular weight excluding hydrogens is 230 g/mol. The summed E-state index contributed by atoms with van der Waals surface area (Å²) >= 11 is 0. The average Bonchev–Trinajstić information content (AvgIpc) is 2.40. The molecule has 0 amide bonds. The Bertz CT molecular complexity index is 700. The predicted molar refractivity (Wildman–Crippen MR) is 81.0 cm³/mol. The van der Waals surface area contributed by atoms with Crippen LogP contribution in [-0.4, -0.2) is 0 Å². The second kappa shape index (κ2) is 5.16. The molecule has 0 fully saturated rings. The number of aryl methyl sites for hydroxylation is 2.